The molecule has 1 aromatic carbocycles. The highest BCUT2D eigenvalue weighted by atomic mass is 16.3. The summed E-state index contributed by atoms with van der Waals surface area (Å²) < 4.78 is 5.84. The van der Waals surface area contributed by atoms with Gasteiger partial charge in [-0.1, -0.05) is 18.2 Å². The maximum atomic E-state index is 12.5. The lowest BCUT2D eigenvalue weighted by molar-refractivity contribution is -0.132. The fourth-order valence-corrected chi connectivity index (χ4v) is 4.14. The summed E-state index contributed by atoms with van der Waals surface area (Å²) in [5, 5.41) is 4.08. The Morgan fingerprint density at radius 2 is 1.66 bits per heavy atom. The standard InChI is InChI=1S/C22H30N4O3/c1-17(20-14-18-6-2-3-7-19(18)29-20)23-21(27)15-24-10-12-25(13-11-24)16-22(28)26-8-4-5-9-26/h2-3,6-7,14,17H,4-5,8-13,15-16H2,1H3,(H,23,27). The second-order valence-corrected chi connectivity index (χ2v) is 8.12. The van der Waals surface area contributed by atoms with Crippen LogP contribution in [0.5, 0.6) is 0 Å². The number of carbonyl (C=O) groups is 2. The van der Waals surface area contributed by atoms with Crippen LogP contribution in [0.2, 0.25) is 0 Å². The maximum Gasteiger partial charge on any atom is 0.236 e. The Morgan fingerprint density at radius 3 is 2.34 bits per heavy atom. The number of benzene rings is 1. The lowest BCUT2D eigenvalue weighted by Gasteiger charge is -2.34. The molecule has 0 bridgehead atoms. The number of nitrogens with zero attached hydrogens (tertiary/aromatic N) is 3. The van der Waals surface area contributed by atoms with Crippen LogP contribution >= 0.6 is 0 Å². The number of para-hydroxylation sites is 1. The molecule has 1 N–H and O–H groups in total. The third-order valence-electron chi connectivity index (χ3n) is 5.90. The summed E-state index contributed by atoms with van der Waals surface area (Å²) in [6.45, 7) is 7.89. The van der Waals surface area contributed by atoms with Crippen molar-refractivity contribution in [3.05, 3.63) is 36.1 Å². The van der Waals surface area contributed by atoms with Gasteiger partial charge in [0.15, 0.2) is 0 Å². The largest absolute Gasteiger partial charge is 0.459 e. The summed E-state index contributed by atoms with van der Waals surface area (Å²) in [5.41, 5.74) is 0.836. The Balaban J connectivity index is 1.20. The smallest absolute Gasteiger partial charge is 0.236 e. The minimum atomic E-state index is -0.172. The lowest BCUT2D eigenvalue weighted by atomic mass is 10.2. The molecule has 1 aromatic heterocycles. The van der Waals surface area contributed by atoms with Gasteiger partial charge in [-0.15, -0.1) is 0 Å². The molecule has 7 heteroatoms. The van der Waals surface area contributed by atoms with Gasteiger partial charge in [0.2, 0.25) is 11.8 Å². The van der Waals surface area contributed by atoms with Crippen molar-refractivity contribution in [2.75, 3.05) is 52.4 Å². The Kier molecular flexibility index (Phi) is 6.16. The summed E-state index contributed by atoms with van der Waals surface area (Å²) in [6, 6.07) is 9.66. The number of furan rings is 1. The minimum absolute atomic E-state index is 0.000417. The van der Waals surface area contributed by atoms with E-state index in [2.05, 4.69) is 15.1 Å². The Bertz CT molecular complexity index is 818. The van der Waals surface area contributed by atoms with E-state index in [4.69, 9.17) is 4.42 Å². The Labute approximate surface area is 171 Å². The zero-order valence-electron chi connectivity index (χ0n) is 17.1. The van der Waals surface area contributed by atoms with E-state index in [1.54, 1.807) is 0 Å². The third kappa shape index (κ3) is 4.97. The highest BCUT2D eigenvalue weighted by Gasteiger charge is 2.24. The van der Waals surface area contributed by atoms with Gasteiger partial charge in [-0.05, 0) is 31.9 Å². The molecule has 0 saturated carbocycles. The lowest BCUT2D eigenvalue weighted by Crippen LogP contribution is -2.51. The number of carbonyl (C=O) groups excluding carboxylic acids is 2. The van der Waals surface area contributed by atoms with Gasteiger partial charge in [-0.3, -0.25) is 19.4 Å². The van der Waals surface area contributed by atoms with Crippen molar-refractivity contribution in [3.8, 4) is 0 Å². The monoisotopic (exact) mass is 398 g/mol. The van der Waals surface area contributed by atoms with E-state index in [0.29, 0.717) is 13.1 Å². The van der Waals surface area contributed by atoms with Crippen LogP contribution in [0, 0.1) is 0 Å². The highest BCUT2D eigenvalue weighted by Crippen LogP contribution is 2.23. The summed E-state index contributed by atoms with van der Waals surface area (Å²) >= 11 is 0. The molecule has 0 radical (unpaired) electrons. The molecule has 0 aliphatic carbocycles. The van der Waals surface area contributed by atoms with Gasteiger partial charge in [-0.25, -0.2) is 0 Å². The number of nitrogens with one attached hydrogen (secondary N) is 1. The first-order chi connectivity index (χ1) is 14.1. The van der Waals surface area contributed by atoms with E-state index in [0.717, 1.165) is 68.8 Å². The van der Waals surface area contributed by atoms with Crippen LogP contribution < -0.4 is 5.32 Å². The normalized spacial score (nSPS) is 19.6. The van der Waals surface area contributed by atoms with E-state index >= 15 is 0 Å². The zero-order chi connectivity index (χ0) is 20.2. The van der Waals surface area contributed by atoms with Crippen molar-refractivity contribution in [2.24, 2.45) is 0 Å². The molecule has 0 spiro atoms. The van der Waals surface area contributed by atoms with Crippen molar-refractivity contribution >= 4 is 22.8 Å². The van der Waals surface area contributed by atoms with E-state index in [9.17, 15) is 9.59 Å². The summed E-state index contributed by atoms with van der Waals surface area (Å²) in [7, 11) is 0. The van der Waals surface area contributed by atoms with Crippen LogP contribution in [0.4, 0.5) is 0 Å². The van der Waals surface area contributed by atoms with Crippen molar-refractivity contribution < 1.29 is 14.0 Å². The highest BCUT2D eigenvalue weighted by molar-refractivity contribution is 5.80. The molecule has 1 unspecified atom stereocenters. The minimum Gasteiger partial charge on any atom is -0.459 e. The van der Waals surface area contributed by atoms with Gasteiger partial charge in [0.25, 0.3) is 0 Å². The van der Waals surface area contributed by atoms with Crippen LogP contribution in [0.25, 0.3) is 11.0 Å². The fraction of sp³-hybridized carbons (Fsp3) is 0.545. The summed E-state index contributed by atoms with van der Waals surface area (Å²) in [4.78, 5) is 31.1. The van der Waals surface area contributed by atoms with Crippen LogP contribution in [-0.2, 0) is 9.59 Å². The molecule has 7 nitrogen and oxygen atoms in total. The summed E-state index contributed by atoms with van der Waals surface area (Å²) in [5.74, 6) is 1.01. The van der Waals surface area contributed by atoms with Crippen LogP contribution in [0.3, 0.4) is 0 Å². The first kappa shape index (κ1) is 19.9. The number of piperazine rings is 1. The van der Waals surface area contributed by atoms with Crippen molar-refractivity contribution in [1.29, 1.82) is 0 Å². The Morgan fingerprint density at radius 1 is 1.00 bits per heavy atom. The number of hydrogen-bond donors (Lipinski definition) is 1. The quantitative estimate of drug-likeness (QED) is 0.804. The molecular weight excluding hydrogens is 368 g/mol. The van der Waals surface area contributed by atoms with E-state index in [-0.39, 0.29) is 17.9 Å². The third-order valence-corrected chi connectivity index (χ3v) is 5.90. The number of likely N-dealkylation sites (tertiary alicyclic amines) is 1. The van der Waals surface area contributed by atoms with E-state index in [1.165, 1.54) is 0 Å². The predicted octanol–water partition coefficient (Wildman–Crippen LogP) is 1.85. The average molecular weight is 399 g/mol. The van der Waals surface area contributed by atoms with Gasteiger partial charge < -0.3 is 14.6 Å². The number of amides is 2. The molecule has 3 heterocycles. The maximum absolute atomic E-state index is 12.5. The number of fused-ring (bicyclic) bond motifs is 1. The molecule has 2 aromatic rings. The van der Waals surface area contributed by atoms with E-state index in [1.807, 2.05) is 42.2 Å². The molecule has 2 fully saturated rings. The second-order valence-electron chi connectivity index (χ2n) is 8.12. The van der Waals surface area contributed by atoms with Crippen LogP contribution in [0.1, 0.15) is 31.6 Å². The van der Waals surface area contributed by atoms with Crippen molar-refractivity contribution in [1.82, 2.24) is 20.0 Å². The molecule has 2 saturated heterocycles. The van der Waals surface area contributed by atoms with E-state index < -0.39 is 0 Å². The zero-order valence-corrected chi connectivity index (χ0v) is 17.1. The second kappa shape index (κ2) is 8.97. The summed E-state index contributed by atoms with van der Waals surface area (Å²) in [6.07, 6.45) is 2.25. The average Bonchev–Trinajstić information content (AvgIpc) is 3.39. The van der Waals surface area contributed by atoms with Crippen molar-refractivity contribution in [3.63, 3.8) is 0 Å². The van der Waals surface area contributed by atoms with Gasteiger partial charge >= 0.3 is 0 Å². The number of rotatable bonds is 6. The topological polar surface area (TPSA) is 69.0 Å². The molecule has 2 amide bonds. The van der Waals surface area contributed by atoms with Crippen LogP contribution in [0.15, 0.2) is 34.7 Å². The van der Waals surface area contributed by atoms with Crippen LogP contribution in [-0.4, -0.2) is 78.9 Å². The molecular formula is C22H30N4O3. The molecule has 1 atom stereocenters. The first-order valence-electron chi connectivity index (χ1n) is 10.6. The molecule has 29 heavy (non-hydrogen) atoms. The first-order valence-corrected chi connectivity index (χ1v) is 10.6. The van der Waals surface area contributed by atoms with Crippen molar-refractivity contribution in [2.45, 2.75) is 25.8 Å². The van der Waals surface area contributed by atoms with Gasteiger partial charge in [0, 0.05) is 44.7 Å². The molecule has 2 aliphatic heterocycles. The predicted molar refractivity (Wildman–Crippen MR) is 111 cm³/mol. The van der Waals surface area contributed by atoms with Gasteiger partial charge in [-0.2, -0.15) is 0 Å². The molecule has 156 valence electrons. The fourth-order valence-electron chi connectivity index (χ4n) is 4.14. The number of hydrogen-bond acceptors (Lipinski definition) is 5. The van der Waals surface area contributed by atoms with Gasteiger partial charge in [0.1, 0.15) is 11.3 Å². The van der Waals surface area contributed by atoms with Gasteiger partial charge in [0.05, 0.1) is 19.1 Å². The SMILES string of the molecule is CC(NC(=O)CN1CCN(CC(=O)N2CCCC2)CC1)c1cc2ccccc2o1. The Hall–Kier alpha value is -2.38. The molecule has 2 aliphatic rings. The molecule has 4 rings (SSSR count).